The van der Waals surface area contributed by atoms with Crippen molar-refractivity contribution in [3.8, 4) is 5.75 Å². The van der Waals surface area contributed by atoms with Crippen molar-refractivity contribution < 1.29 is 26.9 Å². The van der Waals surface area contributed by atoms with E-state index in [-0.39, 0.29) is 20.5 Å². The minimum Gasteiger partial charge on any atom is -0.530 e. The number of carboxylic acid groups (broad SMARTS) is 1. The Kier molecular flexibility index (Phi) is 4.44. The fourth-order valence-electron chi connectivity index (χ4n) is 2.29. The van der Waals surface area contributed by atoms with Crippen LogP contribution in [0.2, 0.25) is 0 Å². The van der Waals surface area contributed by atoms with Crippen LogP contribution in [0.5, 0.6) is 5.75 Å². The maximum absolute atomic E-state index is 13.3. The summed E-state index contributed by atoms with van der Waals surface area (Å²) in [5, 5.41) is 13.3. The molecule has 1 N–H and O–H groups in total. The summed E-state index contributed by atoms with van der Waals surface area (Å²) >= 11 is 2.91. The first-order valence-corrected chi connectivity index (χ1v) is 9.27. The molecule has 1 atom stereocenters. The molecule has 3 rings (SSSR count). The first kappa shape index (κ1) is 18.3. The van der Waals surface area contributed by atoms with Crippen LogP contribution in [-0.2, 0) is 10.1 Å². The zero-order valence-corrected chi connectivity index (χ0v) is 15.5. The number of hydrogen-bond donors (Lipinski definition) is 1. The molecular formula is C15H10BrFN3O5S-. The highest BCUT2D eigenvalue weighted by Crippen LogP contribution is 2.23. The molecule has 1 aliphatic rings. The van der Waals surface area contributed by atoms with Crippen molar-refractivity contribution >= 4 is 32.1 Å². The first-order valence-electron chi connectivity index (χ1n) is 7.06. The largest absolute Gasteiger partial charge is 0.530 e. The SMILES string of the molecule is CC1(NC(=O)[O-])N=c2ccc(OS(=O)(=O)c3ccc(F)c(Br)c3)cc2=N1. The summed E-state index contributed by atoms with van der Waals surface area (Å²) in [5.74, 6) is -2.12. The highest BCUT2D eigenvalue weighted by molar-refractivity contribution is 9.10. The van der Waals surface area contributed by atoms with E-state index in [4.69, 9.17) is 4.18 Å². The third-order valence-electron chi connectivity index (χ3n) is 3.35. The van der Waals surface area contributed by atoms with Gasteiger partial charge in [0.2, 0.25) is 5.79 Å². The molecule has 136 valence electrons. The molecule has 0 fully saturated rings. The third-order valence-corrected chi connectivity index (χ3v) is 5.20. The molecule has 0 saturated carbocycles. The number of amides is 1. The number of benzene rings is 2. The van der Waals surface area contributed by atoms with Crippen molar-refractivity contribution in [2.45, 2.75) is 17.6 Å². The molecule has 8 nitrogen and oxygen atoms in total. The second kappa shape index (κ2) is 6.32. The quantitative estimate of drug-likeness (QED) is 0.678. The van der Waals surface area contributed by atoms with E-state index in [0.717, 1.165) is 18.2 Å². The van der Waals surface area contributed by atoms with Crippen LogP contribution in [0.25, 0.3) is 0 Å². The maximum atomic E-state index is 13.3. The molecule has 0 spiro atoms. The van der Waals surface area contributed by atoms with Crippen molar-refractivity contribution in [2.75, 3.05) is 0 Å². The van der Waals surface area contributed by atoms with Gasteiger partial charge in [-0.3, -0.25) is 0 Å². The molecule has 0 aromatic heterocycles. The van der Waals surface area contributed by atoms with Crippen molar-refractivity contribution in [3.63, 3.8) is 0 Å². The summed E-state index contributed by atoms with van der Waals surface area (Å²) in [5.41, 5.74) is 0. The van der Waals surface area contributed by atoms with Crippen LogP contribution in [0.15, 0.2) is 55.8 Å². The van der Waals surface area contributed by atoms with Gasteiger partial charge in [0.1, 0.15) is 22.6 Å². The topological polar surface area (TPSA) is 120 Å². The molecule has 1 unspecified atom stereocenters. The van der Waals surface area contributed by atoms with Crippen LogP contribution in [-0.4, -0.2) is 20.3 Å². The standard InChI is InChI=1S/C15H11BrFN3O5S/c1-15(20-14(21)22)18-12-5-2-8(6-13(12)19-15)25-26(23,24)9-3-4-11(17)10(16)7-9/h2-7,20H,1H3,(H,21,22)/p-1. The van der Waals surface area contributed by atoms with Crippen LogP contribution in [0, 0.1) is 5.82 Å². The van der Waals surface area contributed by atoms with E-state index in [1.807, 2.05) is 5.32 Å². The van der Waals surface area contributed by atoms with E-state index < -0.39 is 27.8 Å². The average molecular weight is 443 g/mol. The fourth-order valence-corrected chi connectivity index (χ4v) is 3.77. The average Bonchev–Trinajstić information content (AvgIpc) is 2.83. The maximum Gasteiger partial charge on any atom is 0.339 e. The van der Waals surface area contributed by atoms with Crippen LogP contribution < -0.4 is 25.3 Å². The molecule has 0 radical (unpaired) electrons. The van der Waals surface area contributed by atoms with E-state index >= 15 is 0 Å². The molecule has 1 aliphatic heterocycles. The Balaban J connectivity index is 1.93. The lowest BCUT2D eigenvalue weighted by atomic mass is 10.3. The van der Waals surface area contributed by atoms with Gasteiger partial charge >= 0.3 is 10.1 Å². The van der Waals surface area contributed by atoms with Crippen LogP contribution in [0.3, 0.4) is 0 Å². The second-order valence-electron chi connectivity index (χ2n) is 5.42. The van der Waals surface area contributed by atoms with Crippen molar-refractivity contribution in [3.05, 3.63) is 57.4 Å². The van der Waals surface area contributed by atoms with Gasteiger partial charge in [0, 0.05) is 13.0 Å². The Bertz CT molecular complexity index is 1140. The van der Waals surface area contributed by atoms with Gasteiger partial charge in [-0.05, 0) is 46.3 Å². The Morgan fingerprint density at radius 1 is 1.23 bits per heavy atom. The summed E-state index contributed by atoms with van der Waals surface area (Å²) < 4.78 is 42.9. The highest BCUT2D eigenvalue weighted by atomic mass is 79.9. The summed E-state index contributed by atoms with van der Waals surface area (Å²) in [4.78, 5) is 18.6. The smallest absolute Gasteiger partial charge is 0.339 e. The van der Waals surface area contributed by atoms with Crippen LogP contribution in [0.4, 0.5) is 9.18 Å². The molecule has 2 aromatic rings. The van der Waals surface area contributed by atoms with Gasteiger partial charge < -0.3 is 19.4 Å². The number of hydrogen-bond acceptors (Lipinski definition) is 7. The zero-order chi connectivity index (χ0) is 19.1. The fraction of sp³-hybridized carbons (Fsp3) is 0.133. The molecule has 2 aromatic carbocycles. The highest BCUT2D eigenvalue weighted by Gasteiger charge is 2.25. The summed E-state index contributed by atoms with van der Waals surface area (Å²) in [6, 6.07) is 7.23. The number of nitrogens with one attached hydrogen (secondary N) is 1. The number of carbonyl (C=O) groups excluding carboxylic acids is 1. The van der Waals surface area contributed by atoms with Gasteiger partial charge in [0.15, 0.2) is 0 Å². The number of nitrogens with zero attached hydrogens (tertiary/aromatic N) is 2. The third kappa shape index (κ3) is 3.68. The van der Waals surface area contributed by atoms with Gasteiger partial charge in [-0.1, -0.05) is 0 Å². The lowest BCUT2D eigenvalue weighted by molar-refractivity contribution is -0.252. The molecule has 0 saturated heterocycles. The molecule has 0 aliphatic carbocycles. The Labute approximate surface area is 155 Å². The number of rotatable bonds is 4. The minimum absolute atomic E-state index is 0.0194. The van der Waals surface area contributed by atoms with E-state index in [9.17, 15) is 22.7 Å². The molecule has 1 amide bonds. The molecule has 26 heavy (non-hydrogen) atoms. The lowest BCUT2D eigenvalue weighted by Crippen LogP contribution is -2.48. The zero-order valence-electron chi connectivity index (χ0n) is 13.1. The Morgan fingerprint density at radius 3 is 2.58 bits per heavy atom. The molecule has 0 bridgehead atoms. The van der Waals surface area contributed by atoms with E-state index in [1.165, 1.54) is 25.1 Å². The van der Waals surface area contributed by atoms with E-state index in [0.29, 0.717) is 5.36 Å². The van der Waals surface area contributed by atoms with Gasteiger partial charge in [0.05, 0.1) is 15.2 Å². The Morgan fingerprint density at radius 2 is 1.92 bits per heavy atom. The van der Waals surface area contributed by atoms with Gasteiger partial charge in [-0.15, -0.1) is 0 Å². The monoisotopic (exact) mass is 442 g/mol. The second-order valence-corrected chi connectivity index (χ2v) is 7.82. The predicted molar refractivity (Wildman–Crippen MR) is 87.6 cm³/mol. The summed E-state index contributed by atoms with van der Waals surface area (Å²) in [6.45, 7) is 1.41. The molecular weight excluding hydrogens is 433 g/mol. The molecule has 11 heteroatoms. The number of halogens is 2. The van der Waals surface area contributed by atoms with Gasteiger partial charge in [-0.2, -0.15) is 8.42 Å². The van der Waals surface area contributed by atoms with Gasteiger partial charge in [0.25, 0.3) is 0 Å². The van der Waals surface area contributed by atoms with Crippen molar-refractivity contribution in [2.24, 2.45) is 9.98 Å². The predicted octanol–water partition coefficient (Wildman–Crippen LogP) is 0.215. The lowest BCUT2D eigenvalue weighted by Gasteiger charge is -2.20. The van der Waals surface area contributed by atoms with Crippen molar-refractivity contribution in [1.29, 1.82) is 0 Å². The summed E-state index contributed by atoms with van der Waals surface area (Å²) in [7, 11) is -4.21. The summed E-state index contributed by atoms with van der Waals surface area (Å²) in [6.07, 6.45) is -1.55. The first-order chi connectivity index (χ1) is 12.1. The van der Waals surface area contributed by atoms with E-state index in [2.05, 4.69) is 25.9 Å². The number of fused-ring (bicyclic) bond motifs is 1. The van der Waals surface area contributed by atoms with Crippen molar-refractivity contribution in [1.82, 2.24) is 5.32 Å². The van der Waals surface area contributed by atoms with E-state index in [1.54, 1.807) is 0 Å². The number of carbonyl (C=O) groups is 1. The normalized spacial score (nSPS) is 18.4. The minimum atomic E-state index is -4.21. The van der Waals surface area contributed by atoms with Crippen LogP contribution in [0.1, 0.15) is 6.92 Å². The Hall–Kier alpha value is -2.53. The van der Waals surface area contributed by atoms with Crippen LogP contribution >= 0.6 is 15.9 Å². The van der Waals surface area contributed by atoms with Gasteiger partial charge in [-0.25, -0.2) is 14.4 Å². The molecule has 1 heterocycles.